The van der Waals surface area contributed by atoms with Crippen LogP contribution in [0.1, 0.15) is 57.1 Å². The lowest BCUT2D eigenvalue weighted by Gasteiger charge is -2.65. The number of fused-ring (bicyclic) bond motifs is 1. The number of nitrogens with zero attached hydrogens (tertiary/aromatic N) is 1. The molecule has 2 bridgehead atoms. The minimum absolute atomic E-state index is 0.0883. The summed E-state index contributed by atoms with van der Waals surface area (Å²) in [6.45, 7) is 6.95. The van der Waals surface area contributed by atoms with Crippen LogP contribution < -0.4 is 4.74 Å². The lowest BCUT2D eigenvalue weighted by molar-refractivity contribution is -0.219. The van der Waals surface area contributed by atoms with Crippen LogP contribution in [0.5, 0.6) is 5.75 Å². The molecule has 0 aromatic heterocycles. The summed E-state index contributed by atoms with van der Waals surface area (Å²) in [6, 6.07) is 6.42. The highest BCUT2D eigenvalue weighted by atomic mass is 16.5. The number of hydrogen-bond acceptors (Lipinski definition) is 5. The van der Waals surface area contributed by atoms with Gasteiger partial charge in [0.2, 0.25) is 0 Å². The monoisotopic (exact) mass is 415 g/mol. The van der Waals surface area contributed by atoms with E-state index in [9.17, 15) is 10.2 Å². The van der Waals surface area contributed by atoms with Crippen molar-refractivity contribution < 1.29 is 19.7 Å². The molecule has 3 aliphatic carbocycles. The third-order valence-electron chi connectivity index (χ3n) is 8.22. The molecule has 4 aliphatic rings. The normalized spacial score (nSPS) is 38.3. The second kappa shape index (κ2) is 7.47. The van der Waals surface area contributed by atoms with Gasteiger partial charge in [-0.3, -0.25) is 4.90 Å². The molecule has 3 fully saturated rings. The molecular formula is C25H37NO4. The van der Waals surface area contributed by atoms with E-state index < -0.39 is 17.1 Å². The molecule has 1 heterocycles. The first-order valence-electron chi connectivity index (χ1n) is 11.8. The van der Waals surface area contributed by atoms with Crippen LogP contribution in [0.15, 0.2) is 18.2 Å². The van der Waals surface area contributed by atoms with Crippen molar-refractivity contribution in [1.29, 1.82) is 0 Å². The fourth-order valence-electron chi connectivity index (χ4n) is 6.50. The van der Waals surface area contributed by atoms with Crippen LogP contribution >= 0.6 is 0 Å². The zero-order valence-electron chi connectivity index (χ0n) is 18.6. The fourth-order valence-corrected chi connectivity index (χ4v) is 6.50. The van der Waals surface area contributed by atoms with Gasteiger partial charge in [0.25, 0.3) is 0 Å². The molecule has 2 N–H and O–H groups in total. The first-order chi connectivity index (χ1) is 14.4. The molecule has 0 radical (unpaired) electrons. The molecule has 0 amide bonds. The second-order valence-corrected chi connectivity index (χ2v) is 10.7. The van der Waals surface area contributed by atoms with E-state index in [0.717, 1.165) is 37.6 Å². The predicted octanol–water partition coefficient (Wildman–Crippen LogP) is 2.90. The summed E-state index contributed by atoms with van der Waals surface area (Å²) in [5, 5.41) is 23.6. The molecule has 5 heteroatoms. The third kappa shape index (κ3) is 3.21. The molecule has 1 saturated heterocycles. The van der Waals surface area contributed by atoms with Crippen LogP contribution in [0.25, 0.3) is 0 Å². The van der Waals surface area contributed by atoms with Crippen molar-refractivity contribution in [2.75, 3.05) is 26.8 Å². The Morgan fingerprint density at radius 3 is 2.73 bits per heavy atom. The Balaban J connectivity index is 1.55. The van der Waals surface area contributed by atoms with Gasteiger partial charge < -0.3 is 19.7 Å². The average Bonchev–Trinajstić information content (AvgIpc) is 3.53. The van der Waals surface area contributed by atoms with Gasteiger partial charge in [0.1, 0.15) is 5.75 Å². The van der Waals surface area contributed by atoms with E-state index in [1.165, 1.54) is 24.0 Å². The number of aliphatic hydroxyl groups excluding tert-OH is 1. The first-order valence-corrected chi connectivity index (χ1v) is 11.8. The van der Waals surface area contributed by atoms with Gasteiger partial charge in [-0.05, 0) is 73.7 Å². The van der Waals surface area contributed by atoms with Gasteiger partial charge in [0.05, 0.1) is 24.9 Å². The topological polar surface area (TPSA) is 62.2 Å². The zero-order valence-corrected chi connectivity index (χ0v) is 18.6. The standard InChI is InChI=1S/C25H37NO4/c1-16(2)15-30-22-13-25(28)23-10-18-6-7-19(29-3)11-20(18)24(25,12-21(22)27)8-9-26(23)14-17-4-5-17/h6-7,11,16-17,21-23,27-28H,4-5,8-10,12-15H2,1-3H3. The summed E-state index contributed by atoms with van der Waals surface area (Å²) in [5.74, 6) is 2.03. The Labute approximate surface area is 180 Å². The average molecular weight is 416 g/mol. The van der Waals surface area contributed by atoms with Crippen molar-refractivity contribution in [1.82, 2.24) is 4.90 Å². The Bertz CT molecular complexity index is 793. The van der Waals surface area contributed by atoms with E-state index >= 15 is 0 Å². The first kappa shape index (κ1) is 20.7. The molecule has 5 rings (SSSR count). The van der Waals surface area contributed by atoms with E-state index in [4.69, 9.17) is 9.47 Å². The molecular weight excluding hydrogens is 378 g/mol. The summed E-state index contributed by atoms with van der Waals surface area (Å²) < 4.78 is 11.7. The number of methoxy groups -OCH3 is 1. The summed E-state index contributed by atoms with van der Waals surface area (Å²) >= 11 is 0. The van der Waals surface area contributed by atoms with Crippen LogP contribution in [0.2, 0.25) is 0 Å². The second-order valence-electron chi connectivity index (χ2n) is 10.7. The minimum Gasteiger partial charge on any atom is -0.497 e. The minimum atomic E-state index is -0.889. The maximum absolute atomic E-state index is 12.5. The largest absolute Gasteiger partial charge is 0.497 e. The van der Waals surface area contributed by atoms with Crippen molar-refractivity contribution in [3.8, 4) is 5.75 Å². The van der Waals surface area contributed by atoms with Crippen molar-refractivity contribution in [3.63, 3.8) is 0 Å². The van der Waals surface area contributed by atoms with E-state index in [1.54, 1.807) is 7.11 Å². The summed E-state index contributed by atoms with van der Waals surface area (Å²) in [7, 11) is 1.70. The van der Waals surface area contributed by atoms with Crippen LogP contribution in [0.4, 0.5) is 0 Å². The molecule has 1 aromatic rings. The maximum Gasteiger partial charge on any atom is 0.119 e. The van der Waals surface area contributed by atoms with Gasteiger partial charge >= 0.3 is 0 Å². The molecule has 30 heavy (non-hydrogen) atoms. The number of piperidine rings is 1. The summed E-state index contributed by atoms with van der Waals surface area (Å²) in [4.78, 5) is 2.56. The fraction of sp³-hybridized carbons (Fsp3) is 0.760. The van der Waals surface area contributed by atoms with Crippen LogP contribution in [0, 0.1) is 11.8 Å². The van der Waals surface area contributed by atoms with Crippen LogP contribution in [0.3, 0.4) is 0 Å². The Kier molecular flexibility index (Phi) is 5.17. The van der Waals surface area contributed by atoms with Gasteiger partial charge in [-0.25, -0.2) is 0 Å². The van der Waals surface area contributed by atoms with Gasteiger partial charge in [-0.15, -0.1) is 0 Å². The zero-order chi connectivity index (χ0) is 21.1. The number of hydrogen-bond donors (Lipinski definition) is 2. The number of benzene rings is 1. The Hall–Kier alpha value is -1.14. The molecule has 5 atom stereocenters. The number of likely N-dealkylation sites (tertiary alicyclic amines) is 1. The quantitative estimate of drug-likeness (QED) is 0.748. The molecule has 5 nitrogen and oxygen atoms in total. The van der Waals surface area contributed by atoms with Crippen LogP contribution in [-0.2, 0) is 16.6 Å². The molecule has 5 unspecified atom stereocenters. The lowest BCUT2D eigenvalue weighted by atomic mass is 9.48. The van der Waals surface area contributed by atoms with Gasteiger partial charge in [-0.2, -0.15) is 0 Å². The van der Waals surface area contributed by atoms with Crippen molar-refractivity contribution in [3.05, 3.63) is 29.3 Å². The highest BCUT2D eigenvalue weighted by Gasteiger charge is 2.66. The van der Waals surface area contributed by atoms with E-state index in [2.05, 4.69) is 30.9 Å². The van der Waals surface area contributed by atoms with Gasteiger partial charge in [0, 0.05) is 31.0 Å². The lowest BCUT2D eigenvalue weighted by Crippen LogP contribution is -2.75. The van der Waals surface area contributed by atoms with Gasteiger partial charge in [0.15, 0.2) is 0 Å². The number of rotatable bonds is 6. The van der Waals surface area contributed by atoms with Gasteiger partial charge in [-0.1, -0.05) is 19.9 Å². The SMILES string of the molecule is COc1ccc2c(c1)C13CCN(CC4CC4)C(C2)C1(O)CC(OCC(C)C)C(O)C3. The highest BCUT2D eigenvalue weighted by Crippen LogP contribution is 2.59. The van der Waals surface area contributed by atoms with E-state index in [1.807, 2.05) is 6.07 Å². The van der Waals surface area contributed by atoms with E-state index in [0.29, 0.717) is 25.4 Å². The smallest absolute Gasteiger partial charge is 0.119 e. The molecule has 0 spiro atoms. The Morgan fingerprint density at radius 2 is 2.03 bits per heavy atom. The van der Waals surface area contributed by atoms with Crippen molar-refractivity contribution >= 4 is 0 Å². The van der Waals surface area contributed by atoms with Crippen molar-refractivity contribution in [2.45, 2.75) is 81.6 Å². The maximum atomic E-state index is 12.5. The summed E-state index contributed by atoms with van der Waals surface area (Å²) in [6.07, 6.45) is 4.57. The Morgan fingerprint density at radius 1 is 1.23 bits per heavy atom. The van der Waals surface area contributed by atoms with Crippen LogP contribution in [-0.4, -0.2) is 65.8 Å². The number of aliphatic hydroxyl groups is 2. The highest BCUT2D eigenvalue weighted by molar-refractivity contribution is 5.49. The predicted molar refractivity (Wildman–Crippen MR) is 116 cm³/mol. The van der Waals surface area contributed by atoms with Crippen molar-refractivity contribution in [2.24, 2.45) is 11.8 Å². The molecule has 166 valence electrons. The molecule has 1 aromatic carbocycles. The molecule has 2 saturated carbocycles. The van der Waals surface area contributed by atoms with E-state index in [-0.39, 0.29) is 12.1 Å². The number of ether oxygens (including phenoxy) is 2. The summed E-state index contributed by atoms with van der Waals surface area (Å²) in [5.41, 5.74) is 1.17. The molecule has 1 aliphatic heterocycles. The third-order valence-corrected chi connectivity index (χ3v) is 8.22.